The smallest absolute Gasteiger partial charge is 0.256 e. The molecule has 1 unspecified atom stereocenters. The summed E-state index contributed by atoms with van der Waals surface area (Å²) in [6.45, 7) is 8.78. The van der Waals surface area contributed by atoms with E-state index in [1.807, 2.05) is 12.1 Å². The fourth-order valence-electron chi connectivity index (χ4n) is 3.77. The first-order valence-corrected chi connectivity index (χ1v) is 9.48. The lowest BCUT2D eigenvalue weighted by Gasteiger charge is -2.29. The largest absolute Gasteiger partial charge is 0.353 e. The number of anilines is 1. The minimum Gasteiger partial charge on any atom is -0.353 e. The standard InChI is InChI=1S/C19H23N3OS/c1-11(2)22-9-8-14-15(10-22)24-19-16(14)18(23)20-17(21-19)13-7-5-4-6-12(13)3/h4-7,11,17,21H,8-10H2,1-3H3,(H,20,23)/p+1/t17-/m0/s1. The van der Waals surface area contributed by atoms with Gasteiger partial charge in [0.2, 0.25) is 0 Å². The van der Waals surface area contributed by atoms with Crippen molar-refractivity contribution in [3.8, 4) is 0 Å². The summed E-state index contributed by atoms with van der Waals surface area (Å²) in [5, 5.41) is 7.76. The van der Waals surface area contributed by atoms with E-state index in [4.69, 9.17) is 0 Å². The minimum atomic E-state index is -0.139. The normalized spacial score (nSPS) is 22.6. The maximum Gasteiger partial charge on any atom is 0.256 e. The number of carbonyl (C=O) groups is 1. The molecule has 1 aromatic carbocycles. The Morgan fingerprint density at radius 3 is 2.79 bits per heavy atom. The van der Waals surface area contributed by atoms with Crippen LogP contribution in [0.4, 0.5) is 5.00 Å². The zero-order chi connectivity index (χ0) is 16.8. The molecule has 0 bridgehead atoms. The number of rotatable bonds is 2. The fraction of sp³-hybridized carbons (Fsp3) is 0.421. The monoisotopic (exact) mass is 342 g/mol. The molecule has 2 aliphatic rings. The van der Waals surface area contributed by atoms with Crippen LogP contribution in [0.5, 0.6) is 0 Å². The molecular weight excluding hydrogens is 318 g/mol. The van der Waals surface area contributed by atoms with E-state index in [-0.39, 0.29) is 12.1 Å². The number of fused-ring (bicyclic) bond motifs is 3. The first kappa shape index (κ1) is 15.7. The summed E-state index contributed by atoms with van der Waals surface area (Å²) >= 11 is 1.77. The van der Waals surface area contributed by atoms with Gasteiger partial charge in [-0.05, 0) is 37.5 Å². The van der Waals surface area contributed by atoms with Gasteiger partial charge < -0.3 is 15.5 Å². The maximum absolute atomic E-state index is 12.8. The third-order valence-corrected chi connectivity index (χ3v) is 6.43. The Kier molecular flexibility index (Phi) is 3.85. The number of benzene rings is 1. The Morgan fingerprint density at radius 2 is 2.04 bits per heavy atom. The van der Waals surface area contributed by atoms with Crippen molar-refractivity contribution < 1.29 is 9.69 Å². The average molecular weight is 342 g/mol. The molecule has 2 atom stereocenters. The average Bonchev–Trinajstić information content (AvgIpc) is 2.92. The summed E-state index contributed by atoms with van der Waals surface area (Å²) in [6, 6.07) is 8.84. The lowest BCUT2D eigenvalue weighted by molar-refractivity contribution is -0.936. The lowest BCUT2D eigenvalue weighted by Crippen LogP contribution is -3.14. The van der Waals surface area contributed by atoms with Gasteiger partial charge in [0.1, 0.15) is 17.7 Å². The number of hydrogen-bond acceptors (Lipinski definition) is 3. The second kappa shape index (κ2) is 5.90. The van der Waals surface area contributed by atoms with Crippen molar-refractivity contribution in [3.63, 3.8) is 0 Å². The number of aryl methyl sites for hydroxylation is 1. The van der Waals surface area contributed by atoms with Gasteiger partial charge in [-0.1, -0.05) is 24.3 Å². The Labute approximate surface area is 146 Å². The predicted molar refractivity (Wildman–Crippen MR) is 97.7 cm³/mol. The molecule has 5 heteroatoms. The molecule has 0 aliphatic carbocycles. The zero-order valence-corrected chi connectivity index (χ0v) is 15.2. The summed E-state index contributed by atoms with van der Waals surface area (Å²) in [5.41, 5.74) is 4.49. The number of quaternary nitrogens is 1. The van der Waals surface area contributed by atoms with Gasteiger partial charge in [-0.2, -0.15) is 0 Å². The molecule has 2 aliphatic heterocycles. The van der Waals surface area contributed by atoms with Crippen LogP contribution >= 0.6 is 11.3 Å². The number of amides is 1. The molecule has 1 amide bonds. The topological polar surface area (TPSA) is 45.6 Å². The van der Waals surface area contributed by atoms with Crippen molar-refractivity contribution in [2.24, 2.45) is 0 Å². The van der Waals surface area contributed by atoms with Crippen molar-refractivity contribution in [2.75, 3.05) is 11.9 Å². The van der Waals surface area contributed by atoms with Crippen molar-refractivity contribution in [2.45, 2.75) is 45.9 Å². The first-order chi connectivity index (χ1) is 11.5. The van der Waals surface area contributed by atoms with E-state index >= 15 is 0 Å². The predicted octanol–water partition coefficient (Wildman–Crippen LogP) is 2.26. The summed E-state index contributed by atoms with van der Waals surface area (Å²) in [6.07, 6.45) is 0.860. The molecule has 0 radical (unpaired) electrons. The van der Waals surface area contributed by atoms with Crippen LogP contribution in [0, 0.1) is 6.92 Å². The van der Waals surface area contributed by atoms with Crippen LogP contribution in [0.2, 0.25) is 0 Å². The molecule has 0 spiro atoms. The summed E-state index contributed by atoms with van der Waals surface area (Å²) < 4.78 is 0. The second-order valence-electron chi connectivity index (χ2n) is 7.11. The lowest BCUT2D eigenvalue weighted by atomic mass is 9.99. The molecule has 1 aromatic heterocycles. The van der Waals surface area contributed by atoms with Crippen molar-refractivity contribution in [1.29, 1.82) is 0 Å². The third kappa shape index (κ3) is 2.52. The molecule has 126 valence electrons. The van der Waals surface area contributed by atoms with Gasteiger partial charge >= 0.3 is 0 Å². The van der Waals surface area contributed by atoms with E-state index in [9.17, 15) is 4.79 Å². The highest BCUT2D eigenvalue weighted by Gasteiger charge is 2.35. The molecular formula is C19H24N3OS+. The van der Waals surface area contributed by atoms with Gasteiger partial charge in [0.05, 0.1) is 23.0 Å². The number of nitrogens with one attached hydrogen (secondary N) is 3. The highest BCUT2D eigenvalue weighted by molar-refractivity contribution is 7.16. The number of carbonyl (C=O) groups excluding carboxylic acids is 1. The maximum atomic E-state index is 12.8. The third-order valence-electron chi connectivity index (χ3n) is 5.27. The molecule has 3 heterocycles. The van der Waals surface area contributed by atoms with E-state index in [1.165, 1.54) is 16.0 Å². The van der Waals surface area contributed by atoms with Crippen LogP contribution in [0.3, 0.4) is 0 Å². The summed E-state index contributed by atoms with van der Waals surface area (Å²) in [5.74, 6) is 0.0718. The van der Waals surface area contributed by atoms with E-state index in [1.54, 1.807) is 16.2 Å². The Morgan fingerprint density at radius 1 is 1.25 bits per heavy atom. The van der Waals surface area contributed by atoms with Crippen LogP contribution in [0.15, 0.2) is 24.3 Å². The fourth-order valence-corrected chi connectivity index (χ4v) is 5.10. The minimum absolute atomic E-state index is 0.0718. The van der Waals surface area contributed by atoms with E-state index in [2.05, 4.69) is 43.5 Å². The van der Waals surface area contributed by atoms with Crippen LogP contribution in [0.1, 0.15) is 51.9 Å². The van der Waals surface area contributed by atoms with Crippen molar-refractivity contribution in [1.82, 2.24) is 5.32 Å². The van der Waals surface area contributed by atoms with E-state index in [0.29, 0.717) is 6.04 Å². The van der Waals surface area contributed by atoms with Gasteiger partial charge in [0, 0.05) is 6.42 Å². The van der Waals surface area contributed by atoms with Gasteiger partial charge in [-0.15, -0.1) is 11.3 Å². The molecule has 0 fully saturated rings. The molecule has 0 saturated carbocycles. The summed E-state index contributed by atoms with van der Waals surface area (Å²) in [4.78, 5) is 15.8. The van der Waals surface area contributed by atoms with Crippen LogP contribution in [0.25, 0.3) is 0 Å². The Hall–Kier alpha value is -1.85. The van der Waals surface area contributed by atoms with E-state index in [0.717, 1.165) is 35.6 Å². The quantitative estimate of drug-likeness (QED) is 0.784. The van der Waals surface area contributed by atoms with Crippen LogP contribution in [-0.4, -0.2) is 18.5 Å². The molecule has 3 N–H and O–H groups in total. The zero-order valence-electron chi connectivity index (χ0n) is 14.4. The van der Waals surface area contributed by atoms with Crippen LogP contribution < -0.4 is 15.5 Å². The highest BCUT2D eigenvalue weighted by atomic mass is 32.1. The van der Waals surface area contributed by atoms with E-state index < -0.39 is 0 Å². The Bertz CT molecular complexity index is 796. The highest BCUT2D eigenvalue weighted by Crippen LogP contribution is 2.39. The molecule has 2 aromatic rings. The number of thiophene rings is 1. The molecule has 4 nitrogen and oxygen atoms in total. The second-order valence-corrected chi connectivity index (χ2v) is 8.21. The van der Waals surface area contributed by atoms with Gasteiger partial charge in [0.25, 0.3) is 5.91 Å². The van der Waals surface area contributed by atoms with Gasteiger partial charge in [-0.25, -0.2) is 0 Å². The SMILES string of the molecule is Cc1ccccc1[C@H]1NC(=O)c2c(sc3c2CC[NH+](C(C)C)C3)N1. The van der Waals surface area contributed by atoms with Gasteiger partial charge in [0.15, 0.2) is 0 Å². The molecule has 24 heavy (non-hydrogen) atoms. The van der Waals surface area contributed by atoms with Crippen LogP contribution in [-0.2, 0) is 13.0 Å². The Balaban J connectivity index is 1.68. The van der Waals surface area contributed by atoms with Gasteiger partial charge in [-0.3, -0.25) is 4.79 Å². The van der Waals surface area contributed by atoms with Crippen molar-refractivity contribution in [3.05, 3.63) is 51.4 Å². The molecule has 4 rings (SSSR count). The molecule has 0 saturated heterocycles. The van der Waals surface area contributed by atoms with Crippen molar-refractivity contribution >= 4 is 22.2 Å². The number of hydrogen-bond donors (Lipinski definition) is 3. The first-order valence-electron chi connectivity index (χ1n) is 8.66. The summed E-state index contributed by atoms with van der Waals surface area (Å²) in [7, 11) is 0.